The van der Waals surface area contributed by atoms with Crippen molar-refractivity contribution in [2.45, 2.75) is 51.9 Å². The molecule has 4 heteroatoms. The molecule has 0 aliphatic heterocycles. The van der Waals surface area contributed by atoms with Crippen molar-refractivity contribution in [2.75, 3.05) is 5.73 Å². The molecule has 1 saturated carbocycles. The van der Waals surface area contributed by atoms with E-state index in [1.165, 1.54) is 32.1 Å². The molecule has 0 radical (unpaired) electrons. The highest BCUT2D eigenvalue weighted by atomic mass is 16.5. The predicted octanol–water partition coefficient (Wildman–Crippen LogP) is 4.31. The molecule has 2 unspecified atom stereocenters. The van der Waals surface area contributed by atoms with Crippen molar-refractivity contribution in [1.82, 2.24) is 10.1 Å². The topological polar surface area (TPSA) is 64.9 Å². The number of benzene rings is 1. The molecule has 1 aliphatic carbocycles. The van der Waals surface area contributed by atoms with Crippen LogP contribution in [0, 0.1) is 12.8 Å². The Morgan fingerprint density at radius 1 is 1.33 bits per heavy atom. The molecule has 2 N–H and O–H groups in total. The van der Waals surface area contributed by atoms with Crippen LogP contribution in [0.3, 0.4) is 0 Å². The molecule has 4 nitrogen and oxygen atoms in total. The van der Waals surface area contributed by atoms with Crippen LogP contribution >= 0.6 is 0 Å². The van der Waals surface area contributed by atoms with Crippen LogP contribution in [0.1, 0.15) is 56.3 Å². The van der Waals surface area contributed by atoms with Gasteiger partial charge < -0.3 is 10.3 Å². The highest BCUT2D eigenvalue weighted by Crippen LogP contribution is 2.37. The lowest BCUT2D eigenvalue weighted by molar-refractivity contribution is 0.300. The first-order chi connectivity index (χ1) is 10.2. The summed E-state index contributed by atoms with van der Waals surface area (Å²) in [6.07, 6.45) is 6.19. The van der Waals surface area contributed by atoms with E-state index in [-0.39, 0.29) is 0 Å². The number of hydrogen-bond donors (Lipinski definition) is 1. The van der Waals surface area contributed by atoms with Crippen molar-refractivity contribution in [1.29, 1.82) is 0 Å². The highest BCUT2D eigenvalue weighted by molar-refractivity contribution is 5.73. The van der Waals surface area contributed by atoms with E-state index in [2.05, 4.69) is 17.1 Å². The summed E-state index contributed by atoms with van der Waals surface area (Å²) >= 11 is 0. The molecule has 1 fully saturated rings. The lowest BCUT2D eigenvalue weighted by Crippen LogP contribution is -2.14. The third-order valence-electron chi connectivity index (χ3n) is 4.72. The number of nitrogens with zero attached hydrogens (tertiary/aromatic N) is 2. The summed E-state index contributed by atoms with van der Waals surface area (Å²) < 4.78 is 5.47. The fourth-order valence-corrected chi connectivity index (χ4v) is 3.27. The zero-order valence-electron chi connectivity index (χ0n) is 12.8. The van der Waals surface area contributed by atoms with E-state index in [1.807, 2.05) is 25.1 Å². The van der Waals surface area contributed by atoms with Crippen LogP contribution in [0.5, 0.6) is 0 Å². The van der Waals surface area contributed by atoms with Crippen LogP contribution in [0.4, 0.5) is 5.69 Å². The fourth-order valence-electron chi connectivity index (χ4n) is 3.27. The standard InChI is InChI=1S/C17H23N3O/c1-3-12-7-5-8-13(10-12)16-19-17(21-20-16)14-9-4-6-11(2)15(14)18/h4,6,9,12-13H,3,5,7-8,10,18H2,1-2H3. The number of para-hydroxylation sites is 1. The lowest BCUT2D eigenvalue weighted by Gasteiger charge is -2.26. The minimum absolute atomic E-state index is 0.437. The van der Waals surface area contributed by atoms with Crippen LogP contribution in [-0.4, -0.2) is 10.1 Å². The largest absolute Gasteiger partial charge is 0.398 e. The van der Waals surface area contributed by atoms with Crippen molar-refractivity contribution in [3.05, 3.63) is 29.6 Å². The second-order valence-electron chi connectivity index (χ2n) is 6.13. The van der Waals surface area contributed by atoms with E-state index in [1.54, 1.807) is 0 Å². The minimum atomic E-state index is 0.437. The smallest absolute Gasteiger partial charge is 0.260 e. The van der Waals surface area contributed by atoms with Gasteiger partial charge in [-0.3, -0.25) is 0 Å². The molecular formula is C17H23N3O. The Hall–Kier alpha value is -1.84. The first-order valence-corrected chi connectivity index (χ1v) is 7.88. The predicted molar refractivity (Wildman–Crippen MR) is 83.9 cm³/mol. The number of aryl methyl sites for hydroxylation is 1. The first kappa shape index (κ1) is 14.1. The number of aromatic nitrogens is 2. The molecule has 1 aromatic carbocycles. The fraction of sp³-hybridized carbons (Fsp3) is 0.529. The maximum absolute atomic E-state index is 6.12. The molecule has 0 bridgehead atoms. The van der Waals surface area contributed by atoms with E-state index < -0.39 is 0 Å². The Morgan fingerprint density at radius 2 is 2.19 bits per heavy atom. The quantitative estimate of drug-likeness (QED) is 0.853. The Labute approximate surface area is 125 Å². The van der Waals surface area contributed by atoms with Crippen molar-refractivity contribution < 1.29 is 4.52 Å². The molecule has 2 atom stereocenters. The van der Waals surface area contributed by atoms with Gasteiger partial charge in [0.25, 0.3) is 5.89 Å². The van der Waals surface area contributed by atoms with Gasteiger partial charge in [-0.2, -0.15) is 4.98 Å². The van der Waals surface area contributed by atoms with Gasteiger partial charge in [-0.05, 0) is 37.3 Å². The average molecular weight is 285 g/mol. The molecule has 1 heterocycles. The normalized spacial score (nSPS) is 22.4. The summed E-state index contributed by atoms with van der Waals surface area (Å²) in [7, 11) is 0. The Balaban J connectivity index is 1.85. The number of rotatable bonds is 3. The molecule has 2 aromatic rings. The molecule has 21 heavy (non-hydrogen) atoms. The van der Waals surface area contributed by atoms with E-state index in [0.29, 0.717) is 11.8 Å². The third-order valence-corrected chi connectivity index (χ3v) is 4.72. The second-order valence-corrected chi connectivity index (χ2v) is 6.13. The van der Waals surface area contributed by atoms with Gasteiger partial charge in [0.1, 0.15) is 0 Å². The van der Waals surface area contributed by atoms with Crippen LogP contribution in [0.15, 0.2) is 22.7 Å². The molecule has 1 aromatic heterocycles. The van der Waals surface area contributed by atoms with Crippen molar-refractivity contribution >= 4 is 5.69 Å². The zero-order chi connectivity index (χ0) is 14.8. The van der Waals surface area contributed by atoms with Gasteiger partial charge in [-0.25, -0.2) is 0 Å². The lowest BCUT2D eigenvalue weighted by atomic mass is 9.80. The van der Waals surface area contributed by atoms with Gasteiger partial charge in [-0.1, -0.05) is 43.5 Å². The van der Waals surface area contributed by atoms with E-state index in [4.69, 9.17) is 10.3 Å². The van der Waals surface area contributed by atoms with Crippen molar-refractivity contribution in [3.63, 3.8) is 0 Å². The third kappa shape index (κ3) is 2.80. The van der Waals surface area contributed by atoms with E-state index in [9.17, 15) is 0 Å². The molecule has 0 spiro atoms. The summed E-state index contributed by atoms with van der Waals surface area (Å²) in [5, 5.41) is 4.21. The Kier molecular flexibility index (Phi) is 3.95. The Morgan fingerprint density at radius 3 is 3.00 bits per heavy atom. The SMILES string of the molecule is CCC1CCCC(c2noc(-c3cccc(C)c3N)n2)C1. The molecule has 0 amide bonds. The number of nitrogen functional groups attached to an aromatic ring is 1. The number of hydrogen-bond acceptors (Lipinski definition) is 4. The summed E-state index contributed by atoms with van der Waals surface area (Å²) in [6.45, 7) is 4.26. The minimum Gasteiger partial charge on any atom is -0.398 e. The summed E-state index contributed by atoms with van der Waals surface area (Å²) in [6, 6.07) is 5.90. The van der Waals surface area contributed by atoms with Crippen LogP contribution in [0.2, 0.25) is 0 Å². The average Bonchev–Trinajstić information content (AvgIpc) is 3.00. The number of nitrogens with two attached hydrogens (primary N) is 1. The monoisotopic (exact) mass is 285 g/mol. The van der Waals surface area contributed by atoms with Crippen molar-refractivity contribution in [2.24, 2.45) is 5.92 Å². The van der Waals surface area contributed by atoms with Crippen LogP contribution in [0.25, 0.3) is 11.5 Å². The molecule has 3 rings (SSSR count). The zero-order valence-corrected chi connectivity index (χ0v) is 12.8. The van der Waals surface area contributed by atoms with Gasteiger partial charge in [-0.15, -0.1) is 0 Å². The van der Waals surface area contributed by atoms with Crippen LogP contribution < -0.4 is 5.73 Å². The molecule has 112 valence electrons. The van der Waals surface area contributed by atoms with Gasteiger partial charge >= 0.3 is 0 Å². The molecule has 0 saturated heterocycles. The van der Waals surface area contributed by atoms with Crippen molar-refractivity contribution in [3.8, 4) is 11.5 Å². The highest BCUT2D eigenvalue weighted by Gasteiger charge is 2.26. The van der Waals surface area contributed by atoms with Gasteiger partial charge in [0.15, 0.2) is 5.82 Å². The van der Waals surface area contributed by atoms with E-state index >= 15 is 0 Å². The maximum Gasteiger partial charge on any atom is 0.260 e. The number of anilines is 1. The molecule has 1 aliphatic rings. The molecular weight excluding hydrogens is 262 g/mol. The maximum atomic E-state index is 6.12. The van der Waals surface area contributed by atoms with Crippen LogP contribution in [-0.2, 0) is 0 Å². The summed E-state index contributed by atoms with van der Waals surface area (Å²) in [5.41, 5.74) is 8.72. The van der Waals surface area contributed by atoms with Gasteiger partial charge in [0.2, 0.25) is 0 Å². The van der Waals surface area contributed by atoms with Gasteiger partial charge in [0, 0.05) is 11.6 Å². The first-order valence-electron chi connectivity index (χ1n) is 7.88. The second kappa shape index (κ2) is 5.88. The Bertz CT molecular complexity index is 620. The van der Waals surface area contributed by atoms with Gasteiger partial charge in [0.05, 0.1) is 5.56 Å². The summed E-state index contributed by atoms with van der Waals surface area (Å²) in [5.74, 6) is 2.64. The van der Waals surface area contributed by atoms with E-state index in [0.717, 1.165) is 28.6 Å². The summed E-state index contributed by atoms with van der Waals surface area (Å²) in [4.78, 5) is 4.62.